The highest BCUT2D eigenvalue weighted by Crippen LogP contribution is 2.19. The number of carbonyl (C=O) groups is 2. The lowest BCUT2D eigenvalue weighted by Gasteiger charge is -2.18. The fourth-order valence-corrected chi connectivity index (χ4v) is 1.93. The Kier molecular flexibility index (Phi) is 4.46. The summed E-state index contributed by atoms with van der Waals surface area (Å²) in [6, 6.07) is 6.10. The van der Waals surface area contributed by atoms with Crippen molar-refractivity contribution in [3.05, 3.63) is 35.5 Å². The minimum atomic E-state index is -0.814. The Morgan fingerprint density at radius 1 is 1.33 bits per heavy atom. The number of anilines is 1. The molecule has 21 heavy (non-hydrogen) atoms. The third-order valence-electron chi connectivity index (χ3n) is 3.00. The molecule has 1 aromatic rings. The third-order valence-corrected chi connectivity index (χ3v) is 3.00. The van der Waals surface area contributed by atoms with Gasteiger partial charge in [-0.3, -0.25) is 9.69 Å². The molecule has 7 nitrogen and oxygen atoms in total. The molecule has 1 aliphatic rings. The molecule has 0 fully saturated rings. The van der Waals surface area contributed by atoms with E-state index in [2.05, 4.69) is 4.99 Å². The van der Waals surface area contributed by atoms with E-state index in [1.807, 2.05) is 0 Å². The Balaban J connectivity index is 2.35. The Hall–Kier alpha value is -2.51. The van der Waals surface area contributed by atoms with Crippen molar-refractivity contribution < 1.29 is 14.7 Å². The molecule has 110 valence electrons. The van der Waals surface area contributed by atoms with Crippen LogP contribution in [0, 0.1) is 0 Å². The molecule has 0 saturated carbocycles. The number of nitrogens with zero attached hydrogens (tertiary/aromatic N) is 2. The summed E-state index contributed by atoms with van der Waals surface area (Å²) in [5.41, 5.74) is 12.8. The van der Waals surface area contributed by atoms with Crippen molar-refractivity contribution in [3.63, 3.8) is 0 Å². The molecule has 7 heteroatoms. The summed E-state index contributed by atoms with van der Waals surface area (Å²) in [6.07, 6.45) is 2.17. The highest BCUT2D eigenvalue weighted by Gasteiger charge is 2.32. The van der Waals surface area contributed by atoms with Crippen LogP contribution in [0.1, 0.15) is 5.56 Å². The third kappa shape index (κ3) is 3.15. The Bertz CT molecular complexity index is 607. The average molecular weight is 288 g/mol. The minimum Gasteiger partial charge on any atom is -0.399 e. The number of carbonyl (C=O) groups excluding carboxylic acids is 2. The summed E-state index contributed by atoms with van der Waals surface area (Å²) >= 11 is 0. The van der Waals surface area contributed by atoms with Crippen molar-refractivity contribution in [1.29, 1.82) is 0 Å². The van der Waals surface area contributed by atoms with Crippen LogP contribution < -0.4 is 11.5 Å². The van der Waals surface area contributed by atoms with E-state index in [0.29, 0.717) is 12.0 Å². The lowest BCUT2D eigenvalue weighted by molar-refractivity contribution is -0.124. The lowest BCUT2D eigenvalue weighted by atomic mass is 10.2. The molecule has 0 radical (unpaired) electrons. The molecule has 1 aliphatic heterocycles. The van der Waals surface area contributed by atoms with Crippen LogP contribution in [0.3, 0.4) is 0 Å². The van der Waals surface area contributed by atoms with Crippen LogP contribution in [-0.4, -0.2) is 47.2 Å². The molecule has 0 aliphatic carbocycles. The van der Waals surface area contributed by atoms with Gasteiger partial charge in [-0.2, -0.15) is 0 Å². The molecule has 1 atom stereocenters. The maximum Gasteiger partial charge on any atom is 0.278 e. The molecule has 2 rings (SSSR count). The van der Waals surface area contributed by atoms with Crippen LogP contribution in [0.15, 0.2) is 35.0 Å². The molecule has 0 aromatic heterocycles. The summed E-state index contributed by atoms with van der Waals surface area (Å²) < 4.78 is 0. The number of hydrogen-bond donors (Lipinski definition) is 3. The Morgan fingerprint density at radius 3 is 2.57 bits per heavy atom. The highest BCUT2D eigenvalue weighted by atomic mass is 16.3. The highest BCUT2D eigenvalue weighted by molar-refractivity contribution is 6.16. The predicted molar refractivity (Wildman–Crippen MR) is 79.1 cm³/mol. The van der Waals surface area contributed by atoms with Gasteiger partial charge in [-0.15, -0.1) is 0 Å². The first-order valence-electron chi connectivity index (χ1n) is 6.34. The molecule has 1 aromatic carbocycles. The van der Waals surface area contributed by atoms with Crippen LogP contribution in [0.4, 0.5) is 5.69 Å². The van der Waals surface area contributed by atoms with Crippen LogP contribution in [-0.2, 0) is 9.59 Å². The largest absolute Gasteiger partial charge is 0.399 e. The van der Waals surface area contributed by atoms with Gasteiger partial charge in [0.25, 0.3) is 5.91 Å². The van der Waals surface area contributed by atoms with E-state index in [-0.39, 0.29) is 24.7 Å². The normalized spacial score (nSPS) is 18.0. The fourth-order valence-electron chi connectivity index (χ4n) is 1.93. The monoisotopic (exact) mass is 288 g/mol. The number of amides is 1. The van der Waals surface area contributed by atoms with E-state index in [1.54, 1.807) is 30.3 Å². The molecule has 5 N–H and O–H groups in total. The van der Waals surface area contributed by atoms with Crippen molar-refractivity contribution in [2.75, 3.05) is 18.9 Å². The van der Waals surface area contributed by atoms with E-state index in [0.717, 1.165) is 10.5 Å². The quantitative estimate of drug-likeness (QED) is 0.378. The lowest BCUT2D eigenvalue weighted by Crippen LogP contribution is -2.46. The van der Waals surface area contributed by atoms with Gasteiger partial charge in [0.1, 0.15) is 17.8 Å². The van der Waals surface area contributed by atoms with Gasteiger partial charge in [0.05, 0.1) is 19.2 Å². The number of aliphatic hydroxyl groups excluding tert-OH is 1. The Morgan fingerprint density at radius 2 is 2.00 bits per heavy atom. The maximum atomic E-state index is 12.2. The number of amidine groups is 1. The fraction of sp³-hybridized carbons (Fsp3) is 0.214. The van der Waals surface area contributed by atoms with Gasteiger partial charge in [0, 0.05) is 5.69 Å². The summed E-state index contributed by atoms with van der Waals surface area (Å²) in [5.74, 6) is -0.228. The second kappa shape index (κ2) is 6.29. The number of aliphatic hydroxyl groups is 1. The zero-order valence-electron chi connectivity index (χ0n) is 11.3. The number of aliphatic imine (C=N–C) groups is 1. The van der Waals surface area contributed by atoms with E-state index >= 15 is 0 Å². The first-order valence-corrected chi connectivity index (χ1v) is 6.34. The van der Waals surface area contributed by atoms with E-state index < -0.39 is 11.9 Å². The van der Waals surface area contributed by atoms with E-state index in [1.165, 1.54) is 0 Å². The second-order valence-electron chi connectivity index (χ2n) is 4.54. The molecule has 0 unspecified atom stereocenters. The van der Waals surface area contributed by atoms with Crippen LogP contribution in [0.25, 0.3) is 6.08 Å². The second-order valence-corrected chi connectivity index (χ2v) is 4.54. The summed E-state index contributed by atoms with van der Waals surface area (Å²) in [4.78, 5) is 28.2. The number of aldehydes is 1. The van der Waals surface area contributed by atoms with Gasteiger partial charge in [0.2, 0.25) is 0 Å². The molecule has 1 amide bonds. The molecule has 0 saturated heterocycles. The summed E-state index contributed by atoms with van der Waals surface area (Å²) in [7, 11) is 0. The predicted octanol–water partition coefficient (Wildman–Crippen LogP) is -0.631. The molecular formula is C14H16N4O3. The van der Waals surface area contributed by atoms with Crippen molar-refractivity contribution in [2.45, 2.75) is 6.04 Å². The smallest absolute Gasteiger partial charge is 0.278 e. The van der Waals surface area contributed by atoms with Crippen molar-refractivity contribution in [1.82, 2.24) is 4.90 Å². The first kappa shape index (κ1) is 14.9. The van der Waals surface area contributed by atoms with Crippen LogP contribution >= 0.6 is 0 Å². The van der Waals surface area contributed by atoms with Gasteiger partial charge in [-0.1, -0.05) is 12.1 Å². The summed E-state index contributed by atoms with van der Waals surface area (Å²) in [6.45, 7) is -0.513. The average Bonchev–Trinajstić information content (AvgIpc) is 2.78. The van der Waals surface area contributed by atoms with E-state index in [9.17, 15) is 9.59 Å². The van der Waals surface area contributed by atoms with Gasteiger partial charge in [-0.25, -0.2) is 4.99 Å². The molecule has 0 bridgehead atoms. The Labute approximate surface area is 121 Å². The number of hydrogen-bond acceptors (Lipinski definition) is 6. The number of rotatable bonds is 5. The molecule has 0 spiro atoms. The van der Waals surface area contributed by atoms with Crippen molar-refractivity contribution in [2.24, 2.45) is 10.7 Å². The first-order chi connectivity index (χ1) is 10.1. The van der Waals surface area contributed by atoms with Crippen molar-refractivity contribution in [3.8, 4) is 0 Å². The minimum absolute atomic E-state index is 0.148. The van der Waals surface area contributed by atoms with Gasteiger partial charge in [0.15, 0.2) is 0 Å². The van der Waals surface area contributed by atoms with Crippen LogP contribution in [0.5, 0.6) is 0 Å². The topological polar surface area (TPSA) is 122 Å². The zero-order valence-corrected chi connectivity index (χ0v) is 11.3. The van der Waals surface area contributed by atoms with Gasteiger partial charge < -0.3 is 21.4 Å². The number of benzene rings is 1. The SMILES string of the molecule is Nc1ccc(/C=C2/N=C([C@@H](N)CO)N(CC=O)C2=O)cc1. The zero-order chi connectivity index (χ0) is 15.4. The number of nitrogen functional groups attached to an aromatic ring is 1. The molecular weight excluding hydrogens is 272 g/mol. The van der Waals surface area contributed by atoms with Gasteiger partial charge in [-0.05, 0) is 23.8 Å². The molecule has 1 heterocycles. The van der Waals surface area contributed by atoms with E-state index in [4.69, 9.17) is 16.6 Å². The summed E-state index contributed by atoms with van der Waals surface area (Å²) in [5, 5.41) is 9.11. The number of nitrogens with two attached hydrogens (primary N) is 2. The standard InChI is InChI=1S/C14H16N4O3/c15-10-3-1-9(2-4-10)7-12-14(21)18(5-6-19)13(17-12)11(16)8-20/h1-4,6-7,11,20H,5,8,15-16H2/b12-7+/t11-/m0/s1. The van der Waals surface area contributed by atoms with Crippen molar-refractivity contribution >= 4 is 29.8 Å². The van der Waals surface area contributed by atoms with Crippen LogP contribution in [0.2, 0.25) is 0 Å². The van der Waals surface area contributed by atoms with Gasteiger partial charge >= 0.3 is 0 Å². The maximum absolute atomic E-state index is 12.2.